The van der Waals surface area contributed by atoms with Crippen molar-refractivity contribution in [3.8, 4) is 0 Å². The molecule has 1 heterocycles. The first-order valence-electron chi connectivity index (χ1n) is 6.31. The number of H-pyrrole nitrogens is 1. The third-order valence-electron chi connectivity index (χ3n) is 2.50. The highest BCUT2D eigenvalue weighted by Crippen LogP contribution is 2.20. The summed E-state index contributed by atoms with van der Waals surface area (Å²) in [6.07, 6.45) is 1.55. The van der Waals surface area contributed by atoms with E-state index in [-0.39, 0.29) is 19.1 Å². The fourth-order valence-corrected chi connectivity index (χ4v) is 1.59. The molecule has 0 bridgehead atoms. The molecule has 1 rings (SSSR count). The van der Waals surface area contributed by atoms with Crippen LogP contribution in [0.3, 0.4) is 0 Å². The van der Waals surface area contributed by atoms with Gasteiger partial charge in [0, 0.05) is 19.0 Å². The zero-order valence-corrected chi connectivity index (χ0v) is 11.9. The molecule has 112 valence electrons. The van der Waals surface area contributed by atoms with Crippen LogP contribution in [0.25, 0.3) is 0 Å². The number of carbonyl (C=O) groups excluding carboxylic acids is 2. The molecule has 1 aromatic rings. The van der Waals surface area contributed by atoms with Crippen molar-refractivity contribution in [1.29, 1.82) is 0 Å². The second-order valence-electron chi connectivity index (χ2n) is 4.02. The van der Waals surface area contributed by atoms with E-state index in [9.17, 15) is 9.59 Å². The van der Waals surface area contributed by atoms with Gasteiger partial charge in [-0.25, -0.2) is 4.79 Å². The maximum absolute atomic E-state index is 11.8. The monoisotopic (exact) mass is 284 g/mol. The summed E-state index contributed by atoms with van der Waals surface area (Å²) in [6.45, 7) is 4.39. The molecule has 20 heavy (non-hydrogen) atoms. The topological polar surface area (TPSA) is 89.7 Å². The smallest absolute Gasteiger partial charge is 0.342 e. The average Bonchev–Trinajstić information content (AvgIpc) is 2.76. The molecule has 0 aliphatic heterocycles. The summed E-state index contributed by atoms with van der Waals surface area (Å²) < 4.78 is 14.8. The van der Waals surface area contributed by atoms with Crippen molar-refractivity contribution in [2.24, 2.45) is 0 Å². The number of aryl methyl sites for hydroxylation is 1. The van der Waals surface area contributed by atoms with Crippen molar-refractivity contribution in [3.05, 3.63) is 17.5 Å². The van der Waals surface area contributed by atoms with E-state index in [1.165, 1.54) is 0 Å². The molecule has 1 aromatic heterocycles. The molecule has 2 N–H and O–H groups in total. The van der Waals surface area contributed by atoms with E-state index < -0.39 is 5.97 Å². The molecule has 0 saturated heterocycles. The molecule has 0 atom stereocenters. The first-order valence-corrected chi connectivity index (χ1v) is 6.31. The van der Waals surface area contributed by atoms with Crippen molar-refractivity contribution in [1.82, 2.24) is 4.98 Å². The fourth-order valence-electron chi connectivity index (χ4n) is 1.59. The number of rotatable bonds is 8. The number of amides is 1. The van der Waals surface area contributed by atoms with Crippen molar-refractivity contribution in [3.63, 3.8) is 0 Å². The number of hydrogen-bond donors (Lipinski definition) is 2. The summed E-state index contributed by atoms with van der Waals surface area (Å²) in [5.41, 5.74) is 1.36. The number of ether oxygens (including phenoxy) is 3. The third kappa shape index (κ3) is 4.67. The van der Waals surface area contributed by atoms with Crippen LogP contribution in [0, 0.1) is 6.92 Å². The lowest BCUT2D eigenvalue weighted by Crippen LogP contribution is -2.21. The summed E-state index contributed by atoms with van der Waals surface area (Å²) in [7, 11) is 1.55. The van der Waals surface area contributed by atoms with Crippen LogP contribution in [0.4, 0.5) is 5.69 Å². The number of carbonyl (C=O) groups is 2. The molecular weight excluding hydrogens is 264 g/mol. The highest BCUT2D eigenvalue weighted by molar-refractivity contribution is 6.02. The van der Waals surface area contributed by atoms with Gasteiger partial charge in [0.2, 0.25) is 5.91 Å². The normalized spacial score (nSPS) is 10.3. The minimum Gasteiger partial charge on any atom is -0.462 e. The van der Waals surface area contributed by atoms with Gasteiger partial charge in [-0.2, -0.15) is 0 Å². The zero-order chi connectivity index (χ0) is 15.0. The summed E-state index contributed by atoms with van der Waals surface area (Å²) in [5.74, 6) is -0.812. The van der Waals surface area contributed by atoms with E-state index in [0.29, 0.717) is 30.2 Å². The number of anilines is 1. The summed E-state index contributed by atoms with van der Waals surface area (Å²) in [4.78, 5) is 26.3. The van der Waals surface area contributed by atoms with Crippen molar-refractivity contribution >= 4 is 17.6 Å². The van der Waals surface area contributed by atoms with Crippen molar-refractivity contribution < 1.29 is 23.8 Å². The van der Waals surface area contributed by atoms with Crippen LogP contribution in [0.1, 0.15) is 23.0 Å². The standard InChI is InChI=1S/C13H20N2O5/c1-4-20-13(17)12-9(2)14-7-10(12)15-11(16)8-19-6-5-18-3/h7,14H,4-6,8H2,1-3H3,(H,15,16). The Hall–Kier alpha value is -1.86. The van der Waals surface area contributed by atoms with Gasteiger partial charge in [-0.05, 0) is 13.8 Å². The van der Waals surface area contributed by atoms with E-state index in [1.807, 2.05) is 0 Å². The highest BCUT2D eigenvalue weighted by Gasteiger charge is 2.19. The molecule has 0 saturated carbocycles. The third-order valence-corrected chi connectivity index (χ3v) is 2.50. The maximum atomic E-state index is 11.8. The first-order chi connectivity index (χ1) is 9.60. The summed E-state index contributed by atoms with van der Waals surface area (Å²) in [5, 5.41) is 2.61. The first kappa shape index (κ1) is 16.2. The predicted octanol–water partition coefficient (Wildman–Crippen LogP) is 1.10. The van der Waals surface area contributed by atoms with Crippen LogP contribution in [-0.2, 0) is 19.0 Å². The van der Waals surface area contributed by atoms with E-state index in [0.717, 1.165) is 0 Å². The number of aromatic nitrogens is 1. The Kier molecular flexibility index (Phi) is 6.75. The van der Waals surface area contributed by atoms with Crippen LogP contribution in [0.15, 0.2) is 6.20 Å². The Morgan fingerprint density at radius 2 is 2.10 bits per heavy atom. The van der Waals surface area contributed by atoms with Gasteiger partial charge in [0.15, 0.2) is 0 Å². The van der Waals surface area contributed by atoms with Crippen molar-refractivity contribution in [2.45, 2.75) is 13.8 Å². The number of esters is 1. The van der Waals surface area contributed by atoms with E-state index >= 15 is 0 Å². The van der Waals surface area contributed by atoms with E-state index in [2.05, 4.69) is 10.3 Å². The Labute approximate surface area is 117 Å². The van der Waals surface area contributed by atoms with Gasteiger partial charge < -0.3 is 24.5 Å². The molecule has 0 aliphatic carbocycles. The Morgan fingerprint density at radius 1 is 1.35 bits per heavy atom. The predicted molar refractivity (Wildman–Crippen MR) is 72.8 cm³/mol. The van der Waals surface area contributed by atoms with Crippen LogP contribution in [0.5, 0.6) is 0 Å². The molecule has 0 radical (unpaired) electrons. The SMILES string of the molecule is CCOC(=O)c1c(NC(=O)COCCOC)c[nH]c1C. The molecule has 0 spiro atoms. The molecule has 0 unspecified atom stereocenters. The largest absolute Gasteiger partial charge is 0.462 e. The molecule has 1 amide bonds. The number of nitrogens with one attached hydrogen (secondary N) is 2. The summed E-state index contributed by atoms with van der Waals surface area (Å²) in [6, 6.07) is 0. The van der Waals surface area contributed by atoms with Crippen LogP contribution < -0.4 is 5.32 Å². The lowest BCUT2D eigenvalue weighted by atomic mass is 10.2. The highest BCUT2D eigenvalue weighted by atomic mass is 16.5. The van der Waals surface area contributed by atoms with E-state index in [4.69, 9.17) is 14.2 Å². The number of aromatic amines is 1. The van der Waals surface area contributed by atoms with Crippen molar-refractivity contribution in [2.75, 3.05) is 38.9 Å². The van der Waals surface area contributed by atoms with Gasteiger partial charge in [-0.15, -0.1) is 0 Å². The molecular formula is C13H20N2O5. The Balaban J connectivity index is 2.59. The lowest BCUT2D eigenvalue weighted by Gasteiger charge is -2.07. The van der Waals surface area contributed by atoms with Crippen LogP contribution >= 0.6 is 0 Å². The van der Waals surface area contributed by atoms with E-state index in [1.54, 1.807) is 27.2 Å². The fraction of sp³-hybridized carbons (Fsp3) is 0.538. The average molecular weight is 284 g/mol. The van der Waals surface area contributed by atoms with Gasteiger partial charge in [0.1, 0.15) is 12.2 Å². The quantitative estimate of drug-likeness (QED) is 0.551. The molecule has 0 aliphatic rings. The van der Waals surface area contributed by atoms with Gasteiger partial charge in [-0.3, -0.25) is 4.79 Å². The zero-order valence-electron chi connectivity index (χ0n) is 11.9. The van der Waals surface area contributed by atoms with Gasteiger partial charge >= 0.3 is 5.97 Å². The maximum Gasteiger partial charge on any atom is 0.342 e. The van der Waals surface area contributed by atoms with Crippen LogP contribution in [-0.4, -0.2) is 50.4 Å². The van der Waals surface area contributed by atoms with Gasteiger partial charge in [0.05, 0.1) is 25.5 Å². The second-order valence-corrected chi connectivity index (χ2v) is 4.02. The minimum atomic E-state index is -0.471. The number of methoxy groups -OCH3 is 1. The molecule has 7 heteroatoms. The Morgan fingerprint density at radius 3 is 2.75 bits per heavy atom. The minimum absolute atomic E-state index is 0.101. The lowest BCUT2D eigenvalue weighted by molar-refractivity contribution is -0.121. The summed E-state index contributed by atoms with van der Waals surface area (Å²) >= 11 is 0. The molecule has 7 nitrogen and oxygen atoms in total. The Bertz CT molecular complexity index is 456. The number of hydrogen-bond acceptors (Lipinski definition) is 5. The molecule has 0 aromatic carbocycles. The van der Waals surface area contributed by atoms with Crippen LogP contribution in [0.2, 0.25) is 0 Å². The van der Waals surface area contributed by atoms with Gasteiger partial charge in [0.25, 0.3) is 0 Å². The van der Waals surface area contributed by atoms with Gasteiger partial charge in [-0.1, -0.05) is 0 Å². The second kappa shape index (κ2) is 8.34. The molecule has 0 fully saturated rings.